The summed E-state index contributed by atoms with van der Waals surface area (Å²) in [6, 6.07) is 0. The van der Waals surface area contributed by atoms with E-state index in [1.165, 1.54) is 51.4 Å². The molecule has 0 radical (unpaired) electrons. The van der Waals surface area contributed by atoms with Crippen molar-refractivity contribution in [2.24, 2.45) is 0 Å². The maximum Gasteiger partial charge on any atom is -0.0313 e. The lowest BCUT2D eigenvalue weighted by Gasteiger charge is -1.97. The van der Waals surface area contributed by atoms with Crippen molar-refractivity contribution in [2.45, 2.75) is 51.4 Å². The third kappa shape index (κ3) is 6.71. The van der Waals surface area contributed by atoms with E-state index in [0.717, 1.165) is 0 Å². The SMILES string of the molecule is C1=CCCC=CCCCCCCC=C1. The highest BCUT2D eigenvalue weighted by Gasteiger charge is 1.87. The van der Waals surface area contributed by atoms with E-state index < -0.39 is 0 Å². The fourth-order valence-electron chi connectivity index (χ4n) is 1.66. The zero-order valence-corrected chi connectivity index (χ0v) is 9.12. The van der Waals surface area contributed by atoms with Gasteiger partial charge >= 0.3 is 0 Å². The average Bonchev–Trinajstić information content (AvgIpc) is 2.22. The number of rotatable bonds is 0. The van der Waals surface area contributed by atoms with Gasteiger partial charge in [0.25, 0.3) is 0 Å². The molecule has 0 atom stereocenters. The molecular weight excluding hydrogens is 168 g/mol. The third-order valence-corrected chi connectivity index (χ3v) is 2.54. The van der Waals surface area contributed by atoms with Gasteiger partial charge in [-0.3, -0.25) is 0 Å². The predicted molar refractivity (Wildman–Crippen MR) is 64.4 cm³/mol. The van der Waals surface area contributed by atoms with Crippen molar-refractivity contribution in [3.05, 3.63) is 36.5 Å². The quantitative estimate of drug-likeness (QED) is 0.482. The first kappa shape index (κ1) is 11.3. The van der Waals surface area contributed by atoms with Crippen LogP contribution < -0.4 is 0 Å². The molecule has 1 rings (SSSR count). The second kappa shape index (κ2) is 8.80. The topological polar surface area (TPSA) is 0 Å². The molecule has 0 bridgehead atoms. The summed E-state index contributed by atoms with van der Waals surface area (Å²) in [6.07, 6.45) is 24.0. The van der Waals surface area contributed by atoms with Crippen LogP contribution in [0.25, 0.3) is 0 Å². The van der Waals surface area contributed by atoms with Gasteiger partial charge in [0.15, 0.2) is 0 Å². The zero-order chi connectivity index (χ0) is 9.90. The molecule has 0 aromatic rings. The van der Waals surface area contributed by atoms with Gasteiger partial charge < -0.3 is 0 Å². The van der Waals surface area contributed by atoms with Gasteiger partial charge in [-0.1, -0.05) is 49.3 Å². The molecule has 78 valence electrons. The normalized spacial score (nSPS) is 20.6. The molecule has 0 spiro atoms. The Balaban J connectivity index is 2.26. The Bertz CT molecular complexity index is 196. The number of hydrogen-bond acceptors (Lipinski definition) is 0. The van der Waals surface area contributed by atoms with E-state index in [1.54, 1.807) is 0 Å². The van der Waals surface area contributed by atoms with Crippen molar-refractivity contribution in [1.29, 1.82) is 0 Å². The molecule has 0 aromatic heterocycles. The molecule has 0 saturated heterocycles. The van der Waals surface area contributed by atoms with E-state index in [1.807, 2.05) is 0 Å². The highest BCUT2D eigenvalue weighted by Crippen LogP contribution is 2.07. The molecule has 0 aromatic carbocycles. The summed E-state index contributed by atoms with van der Waals surface area (Å²) in [5.41, 5.74) is 0. The van der Waals surface area contributed by atoms with Crippen LogP contribution in [0.4, 0.5) is 0 Å². The van der Waals surface area contributed by atoms with Crippen molar-refractivity contribution in [2.75, 3.05) is 0 Å². The Labute approximate surface area is 88.4 Å². The number of hydrogen-bond donors (Lipinski definition) is 0. The summed E-state index contributed by atoms with van der Waals surface area (Å²) in [6.45, 7) is 0. The molecule has 0 N–H and O–H groups in total. The number of allylic oxidation sites excluding steroid dienone is 6. The molecule has 0 unspecified atom stereocenters. The van der Waals surface area contributed by atoms with Crippen LogP contribution in [-0.4, -0.2) is 0 Å². The lowest BCUT2D eigenvalue weighted by molar-refractivity contribution is 0.652. The lowest BCUT2D eigenvalue weighted by atomic mass is 10.1. The van der Waals surface area contributed by atoms with Gasteiger partial charge in [-0.05, 0) is 38.5 Å². The molecule has 0 fully saturated rings. The van der Waals surface area contributed by atoms with Crippen LogP contribution in [0.5, 0.6) is 0 Å². The predicted octanol–water partition coefficient (Wildman–Crippen LogP) is 4.79. The highest BCUT2D eigenvalue weighted by molar-refractivity contribution is 5.02. The zero-order valence-electron chi connectivity index (χ0n) is 9.12. The van der Waals surface area contributed by atoms with E-state index in [0.29, 0.717) is 0 Å². The van der Waals surface area contributed by atoms with Crippen LogP contribution in [0.3, 0.4) is 0 Å². The largest absolute Gasteiger partial charge is 0.0885 e. The molecule has 14 heavy (non-hydrogen) atoms. The lowest BCUT2D eigenvalue weighted by Crippen LogP contribution is -1.77. The molecule has 0 heteroatoms. The summed E-state index contributed by atoms with van der Waals surface area (Å²) in [7, 11) is 0. The minimum atomic E-state index is 1.18. The Morgan fingerprint density at radius 1 is 0.429 bits per heavy atom. The monoisotopic (exact) mass is 190 g/mol. The fourth-order valence-corrected chi connectivity index (χ4v) is 1.66. The molecule has 0 amide bonds. The molecular formula is C14H22. The Kier molecular flexibility index (Phi) is 7.10. The molecule has 0 nitrogen and oxygen atoms in total. The van der Waals surface area contributed by atoms with Crippen LogP contribution >= 0.6 is 0 Å². The first-order chi connectivity index (χ1) is 7.00. The van der Waals surface area contributed by atoms with Crippen LogP contribution in [0, 0.1) is 0 Å². The van der Waals surface area contributed by atoms with Crippen LogP contribution in [0.15, 0.2) is 36.5 Å². The second-order valence-corrected chi connectivity index (χ2v) is 3.90. The summed E-state index contributed by atoms with van der Waals surface area (Å²) in [5.74, 6) is 0. The van der Waals surface area contributed by atoms with Crippen LogP contribution in [-0.2, 0) is 0 Å². The molecule has 0 saturated carbocycles. The second-order valence-electron chi connectivity index (χ2n) is 3.90. The maximum atomic E-state index is 2.34. The average molecular weight is 190 g/mol. The fraction of sp³-hybridized carbons (Fsp3) is 0.571. The van der Waals surface area contributed by atoms with E-state index >= 15 is 0 Å². The smallest absolute Gasteiger partial charge is 0.0313 e. The van der Waals surface area contributed by atoms with Gasteiger partial charge in [0.05, 0.1) is 0 Å². The minimum Gasteiger partial charge on any atom is -0.0885 e. The van der Waals surface area contributed by atoms with Crippen molar-refractivity contribution >= 4 is 0 Å². The molecule has 1 aliphatic rings. The minimum absolute atomic E-state index is 1.18. The van der Waals surface area contributed by atoms with Crippen LogP contribution in [0.2, 0.25) is 0 Å². The Morgan fingerprint density at radius 2 is 0.929 bits per heavy atom. The third-order valence-electron chi connectivity index (χ3n) is 2.54. The Morgan fingerprint density at radius 3 is 1.71 bits per heavy atom. The summed E-state index contributed by atoms with van der Waals surface area (Å²) < 4.78 is 0. The maximum absolute atomic E-state index is 2.34. The van der Waals surface area contributed by atoms with E-state index in [2.05, 4.69) is 36.5 Å². The molecule has 0 heterocycles. The van der Waals surface area contributed by atoms with E-state index in [-0.39, 0.29) is 0 Å². The molecule has 0 aliphatic heterocycles. The van der Waals surface area contributed by atoms with E-state index in [9.17, 15) is 0 Å². The van der Waals surface area contributed by atoms with Gasteiger partial charge in [-0.15, -0.1) is 0 Å². The van der Waals surface area contributed by atoms with Crippen LogP contribution in [0.1, 0.15) is 51.4 Å². The first-order valence-corrected chi connectivity index (χ1v) is 5.97. The van der Waals surface area contributed by atoms with Crippen molar-refractivity contribution in [3.63, 3.8) is 0 Å². The standard InChI is InChI=1S/C14H22/c1-2-4-6-8-10-12-14-13-11-9-7-5-3-1/h1-4,9,11H,5-8,10,12-14H2. The van der Waals surface area contributed by atoms with Gasteiger partial charge in [0.2, 0.25) is 0 Å². The summed E-state index contributed by atoms with van der Waals surface area (Å²) in [4.78, 5) is 0. The van der Waals surface area contributed by atoms with Crippen molar-refractivity contribution in [3.8, 4) is 0 Å². The first-order valence-electron chi connectivity index (χ1n) is 5.97. The summed E-state index contributed by atoms with van der Waals surface area (Å²) >= 11 is 0. The molecule has 1 aliphatic carbocycles. The van der Waals surface area contributed by atoms with Gasteiger partial charge in [-0.25, -0.2) is 0 Å². The van der Waals surface area contributed by atoms with Gasteiger partial charge in [-0.2, -0.15) is 0 Å². The van der Waals surface area contributed by atoms with Gasteiger partial charge in [0.1, 0.15) is 0 Å². The van der Waals surface area contributed by atoms with Crippen molar-refractivity contribution in [1.82, 2.24) is 0 Å². The van der Waals surface area contributed by atoms with Crippen molar-refractivity contribution < 1.29 is 0 Å². The Hall–Kier alpha value is -0.780. The van der Waals surface area contributed by atoms with E-state index in [4.69, 9.17) is 0 Å². The summed E-state index contributed by atoms with van der Waals surface area (Å²) in [5, 5.41) is 0. The van der Waals surface area contributed by atoms with Gasteiger partial charge in [0, 0.05) is 0 Å². The highest BCUT2D eigenvalue weighted by atomic mass is 13.9.